The smallest absolute Gasteiger partial charge is 0.272 e. The Labute approximate surface area is 158 Å². The number of carbonyl (C=O) groups is 1. The van der Waals surface area contributed by atoms with Gasteiger partial charge in [-0.05, 0) is 31.0 Å². The van der Waals surface area contributed by atoms with Gasteiger partial charge in [-0.25, -0.2) is 0 Å². The minimum Gasteiger partial charge on any atom is -0.342 e. The van der Waals surface area contributed by atoms with E-state index in [2.05, 4.69) is 57.0 Å². The van der Waals surface area contributed by atoms with Crippen LogP contribution in [0.15, 0.2) is 48.7 Å². The topological polar surface area (TPSA) is 82.7 Å². The van der Waals surface area contributed by atoms with Crippen LogP contribution in [-0.4, -0.2) is 27.6 Å². The number of nitrogens with one attached hydrogen (secondary N) is 3. The van der Waals surface area contributed by atoms with E-state index in [1.165, 1.54) is 5.56 Å². The normalized spacial score (nSPS) is 14.4. The van der Waals surface area contributed by atoms with Crippen LogP contribution in [-0.2, 0) is 19.4 Å². The number of benzene rings is 1. The number of rotatable bonds is 5. The van der Waals surface area contributed by atoms with Crippen molar-refractivity contribution < 1.29 is 4.79 Å². The maximum Gasteiger partial charge on any atom is 0.272 e. The Bertz CT molecular complexity index is 918. The van der Waals surface area contributed by atoms with Crippen LogP contribution in [0.3, 0.4) is 0 Å². The Kier molecular flexibility index (Phi) is 4.98. The van der Waals surface area contributed by atoms with Crippen molar-refractivity contribution in [1.82, 2.24) is 25.8 Å². The van der Waals surface area contributed by atoms with Crippen LogP contribution in [0.25, 0.3) is 0 Å². The molecule has 138 valence electrons. The summed E-state index contributed by atoms with van der Waals surface area (Å²) < 4.78 is 0. The first-order valence-electron chi connectivity index (χ1n) is 9.25. The van der Waals surface area contributed by atoms with Crippen LogP contribution >= 0.6 is 0 Å². The molecule has 1 unspecified atom stereocenters. The Morgan fingerprint density at radius 1 is 1.22 bits per heavy atom. The van der Waals surface area contributed by atoms with Gasteiger partial charge in [0.25, 0.3) is 5.91 Å². The first-order valence-corrected chi connectivity index (χ1v) is 9.25. The molecule has 0 aliphatic carbocycles. The van der Waals surface area contributed by atoms with Gasteiger partial charge in [-0.1, -0.05) is 35.9 Å². The van der Waals surface area contributed by atoms with Crippen molar-refractivity contribution in [3.8, 4) is 0 Å². The summed E-state index contributed by atoms with van der Waals surface area (Å²) in [6.45, 7) is 3.64. The molecule has 0 saturated heterocycles. The second kappa shape index (κ2) is 7.72. The molecule has 1 amide bonds. The molecular formula is C21H23N5O. The van der Waals surface area contributed by atoms with E-state index >= 15 is 0 Å². The number of amides is 1. The minimum atomic E-state index is -0.217. The quantitative estimate of drug-likeness (QED) is 0.652. The Morgan fingerprint density at radius 2 is 2.07 bits per heavy atom. The third kappa shape index (κ3) is 3.90. The molecule has 6 heteroatoms. The second-order valence-corrected chi connectivity index (χ2v) is 6.93. The predicted molar refractivity (Wildman–Crippen MR) is 103 cm³/mol. The van der Waals surface area contributed by atoms with Crippen molar-refractivity contribution >= 4 is 5.91 Å². The van der Waals surface area contributed by atoms with Crippen LogP contribution in [0, 0.1) is 6.92 Å². The zero-order valence-corrected chi connectivity index (χ0v) is 15.3. The van der Waals surface area contributed by atoms with E-state index in [0.717, 1.165) is 35.5 Å². The number of carbonyl (C=O) groups excluding carboxylic acids is 1. The van der Waals surface area contributed by atoms with Crippen LogP contribution < -0.4 is 10.6 Å². The molecular weight excluding hydrogens is 338 g/mol. The van der Waals surface area contributed by atoms with Crippen molar-refractivity contribution in [2.75, 3.05) is 6.54 Å². The Hall–Kier alpha value is -2.99. The summed E-state index contributed by atoms with van der Waals surface area (Å²) in [6.07, 6.45) is 3.29. The predicted octanol–water partition coefficient (Wildman–Crippen LogP) is 2.47. The number of fused-ring (bicyclic) bond motifs is 1. The van der Waals surface area contributed by atoms with Crippen molar-refractivity contribution in [3.05, 3.63) is 82.4 Å². The number of hydrogen-bond acceptors (Lipinski definition) is 4. The van der Waals surface area contributed by atoms with Crippen molar-refractivity contribution in [1.29, 1.82) is 0 Å². The minimum absolute atomic E-state index is 0.168. The highest BCUT2D eigenvalue weighted by atomic mass is 16.2. The first-order chi connectivity index (χ1) is 13.2. The van der Waals surface area contributed by atoms with Crippen molar-refractivity contribution in [2.24, 2.45) is 0 Å². The fraction of sp³-hybridized carbons (Fsp3) is 0.286. The van der Waals surface area contributed by atoms with E-state index in [4.69, 9.17) is 0 Å². The highest BCUT2D eigenvalue weighted by molar-refractivity contribution is 5.94. The summed E-state index contributed by atoms with van der Waals surface area (Å²) in [5, 5.41) is 13.7. The van der Waals surface area contributed by atoms with E-state index < -0.39 is 0 Å². The van der Waals surface area contributed by atoms with Gasteiger partial charge in [0, 0.05) is 37.0 Å². The standard InChI is InChI=1S/C21H23N5O/c1-14-5-7-15(8-6-14)12-19(18-4-2-3-10-23-18)24-21(27)20-16-13-22-11-9-17(16)25-26-20/h2-8,10,19,22H,9,11-13H2,1H3,(H,24,27)(H,25,26). The van der Waals surface area contributed by atoms with Gasteiger partial charge in [-0.15, -0.1) is 0 Å². The summed E-state index contributed by atoms with van der Waals surface area (Å²) in [5.41, 5.74) is 5.70. The molecule has 3 heterocycles. The summed E-state index contributed by atoms with van der Waals surface area (Å²) in [4.78, 5) is 17.4. The SMILES string of the molecule is Cc1ccc(CC(NC(=O)c2n[nH]c3c2CNCC3)c2ccccn2)cc1. The number of aromatic nitrogens is 3. The molecule has 1 aliphatic heterocycles. The van der Waals surface area contributed by atoms with Crippen molar-refractivity contribution in [2.45, 2.75) is 32.4 Å². The third-order valence-electron chi connectivity index (χ3n) is 4.93. The van der Waals surface area contributed by atoms with Crippen molar-refractivity contribution in [3.63, 3.8) is 0 Å². The first kappa shape index (κ1) is 17.4. The van der Waals surface area contributed by atoms with Gasteiger partial charge in [0.1, 0.15) is 0 Å². The largest absolute Gasteiger partial charge is 0.342 e. The monoisotopic (exact) mass is 361 g/mol. The molecule has 1 aromatic carbocycles. The Balaban J connectivity index is 1.58. The van der Waals surface area contributed by atoms with Gasteiger partial charge in [0.2, 0.25) is 0 Å². The lowest BCUT2D eigenvalue weighted by Gasteiger charge is -2.19. The van der Waals surface area contributed by atoms with Crippen LogP contribution in [0.5, 0.6) is 0 Å². The second-order valence-electron chi connectivity index (χ2n) is 6.93. The fourth-order valence-corrected chi connectivity index (χ4v) is 3.41. The van der Waals surface area contributed by atoms with Crippen LogP contribution in [0.1, 0.15) is 44.6 Å². The van der Waals surface area contributed by atoms with E-state index in [1.54, 1.807) is 6.20 Å². The number of aryl methyl sites for hydroxylation is 1. The molecule has 0 radical (unpaired) electrons. The average Bonchev–Trinajstić information content (AvgIpc) is 3.14. The molecule has 0 fully saturated rings. The number of nitrogens with zero attached hydrogens (tertiary/aromatic N) is 2. The van der Waals surface area contributed by atoms with Gasteiger partial charge >= 0.3 is 0 Å². The maximum atomic E-state index is 13.0. The van der Waals surface area contributed by atoms with Gasteiger partial charge in [0.15, 0.2) is 5.69 Å². The molecule has 1 atom stereocenters. The lowest BCUT2D eigenvalue weighted by Crippen LogP contribution is -2.32. The highest BCUT2D eigenvalue weighted by Crippen LogP contribution is 2.20. The number of H-pyrrole nitrogens is 1. The molecule has 27 heavy (non-hydrogen) atoms. The van der Waals surface area contributed by atoms with Gasteiger partial charge in [-0.2, -0.15) is 5.10 Å². The lowest BCUT2D eigenvalue weighted by molar-refractivity contribution is 0.0929. The molecule has 2 aromatic heterocycles. The summed E-state index contributed by atoms with van der Waals surface area (Å²) in [7, 11) is 0. The summed E-state index contributed by atoms with van der Waals surface area (Å²) in [5.74, 6) is -0.168. The zero-order chi connectivity index (χ0) is 18.6. The van der Waals surface area contributed by atoms with Gasteiger partial charge in [-0.3, -0.25) is 14.9 Å². The third-order valence-corrected chi connectivity index (χ3v) is 4.93. The maximum absolute atomic E-state index is 13.0. The van der Waals surface area contributed by atoms with E-state index in [0.29, 0.717) is 18.7 Å². The average molecular weight is 361 g/mol. The molecule has 0 bridgehead atoms. The molecule has 4 rings (SSSR count). The molecule has 1 aliphatic rings. The fourth-order valence-electron chi connectivity index (χ4n) is 3.41. The summed E-state index contributed by atoms with van der Waals surface area (Å²) >= 11 is 0. The van der Waals surface area contributed by atoms with E-state index in [9.17, 15) is 4.79 Å². The van der Waals surface area contributed by atoms with E-state index in [1.807, 2.05) is 18.2 Å². The number of aromatic amines is 1. The van der Waals surface area contributed by atoms with Crippen LogP contribution in [0.4, 0.5) is 0 Å². The molecule has 0 saturated carbocycles. The molecule has 0 spiro atoms. The molecule has 6 nitrogen and oxygen atoms in total. The Morgan fingerprint density at radius 3 is 2.85 bits per heavy atom. The highest BCUT2D eigenvalue weighted by Gasteiger charge is 2.24. The summed E-state index contributed by atoms with van der Waals surface area (Å²) in [6, 6.07) is 13.9. The van der Waals surface area contributed by atoms with Crippen LogP contribution in [0.2, 0.25) is 0 Å². The zero-order valence-electron chi connectivity index (χ0n) is 15.3. The van der Waals surface area contributed by atoms with Gasteiger partial charge < -0.3 is 10.6 Å². The van der Waals surface area contributed by atoms with Gasteiger partial charge in [0.05, 0.1) is 11.7 Å². The molecule has 3 aromatic rings. The number of hydrogen-bond donors (Lipinski definition) is 3. The number of pyridine rings is 1. The lowest BCUT2D eigenvalue weighted by atomic mass is 10.0. The molecule has 3 N–H and O–H groups in total. The van der Waals surface area contributed by atoms with E-state index in [-0.39, 0.29) is 11.9 Å².